The number of carbonyl (C=O) groups excluding carboxylic acids is 1. The number of carbonyl (C=O) groups is 1. The fraction of sp³-hybridized carbons (Fsp3) is 0.333. The number of hydrogen-bond donors (Lipinski definition) is 0. The highest BCUT2D eigenvalue weighted by molar-refractivity contribution is 6.04. The summed E-state index contributed by atoms with van der Waals surface area (Å²) in [6, 6.07) is 11.8. The summed E-state index contributed by atoms with van der Waals surface area (Å²) in [4.78, 5) is 12.2. The molecule has 27 heavy (non-hydrogen) atoms. The lowest BCUT2D eigenvalue weighted by Crippen LogP contribution is -2.24. The van der Waals surface area contributed by atoms with Crippen molar-refractivity contribution < 1.29 is 19.0 Å². The second-order valence-electron chi connectivity index (χ2n) is 6.45. The van der Waals surface area contributed by atoms with Crippen molar-refractivity contribution in [1.82, 2.24) is 5.01 Å². The van der Waals surface area contributed by atoms with Crippen molar-refractivity contribution in [2.45, 2.75) is 26.3 Å². The van der Waals surface area contributed by atoms with E-state index in [1.54, 1.807) is 26.3 Å². The minimum Gasteiger partial charge on any atom is -0.493 e. The third-order valence-corrected chi connectivity index (χ3v) is 4.69. The van der Waals surface area contributed by atoms with Crippen LogP contribution in [-0.2, 0) is 4.79 Å². The molecule has 1 aliphatic rings. The van der Waals surface area contributed by atoms with Gasteiger partial charge in [0.2, 0.25) is 11.7 Å². The van der Waals surface area contributed by atoms with Crippen molar-refractivity contribution in [3.8, 4) is 17.2 Å². The zero-order valence-electron chi connectivity index (χ0n) is 16.3. The lowest BCUT2D eigenvalue weighted by molar-refractivity contribution is -0.130. The van der Waals surface area contributed by atoms with Crippen LogP contribution >= 0.6 is 0 Å². The number of benzene rings is 2. The standard InChI is InChI=1S/C21H24N2O4/c1-13-6-8-15(9-7-13)18-12-17(22-23(18)14(2)24)16-10-19(25-3)21(27-5)20(11-16)26-4/h6-11,18H,12H2,1-5H3/t18-/m1/s1. The van der Waals surface area contributed by atoms with Crippen LogP contribution in [0.4, 0.5) is 0 Å². The highest BCUT2D eigenvalue weighted by atomic mass is 16.5. The molecule has 1 amide bonds. The molecular weight excluding hydrogens is 344 g/mol. The van der Waals surface area contributed by atoms with Crippen LogP contribution in [0, 0.1) is 6.92 Å². The van der Waals surface area contributed by atoms with E-state index in [1.807, 2.05) is 43.3 Å². The van der Waals surface area contributed by atoms with Crippen LogP contribution in [-0.4, -0.2) is 38.0 Å². The smallest absolute Gasteiger partial charge is 0.240 e. The summed E-state index contributed by atoms with van der Waals surface area (Å²) in [6.07, 6.45) is 0.612. The molecule has 2 aromatic rings. The van der Waals surface area contributed by atoms with E-state index in [-0.39, 0.29) is 11.9 Å². The molecule has 0 saturated heterocycles. The second kappa shape index (κ2) is 7.70. The van der Waals surface area contributed by atoms with Gasteiger partial charge in [0.25, 0.3) is 0 Å². The van der Waals surface area contributed by atoms with Gasteiger partial charge < -0.3 is 14.2 Å². The van der Waals surface area contributed by atoms with Gasteiger partial charge in [0.05, 0.1) is 33.1 Å². The molecule has 0 N–H and O–H groups in total. The lowest BCUT2D eigenvalue weighted by Gasteiger charge is -2.20. The molecule has 0 saturated carbocycles. The van der Waals surface area contributed by atoms with E-state index in [2.05, 4.69) is 5.10 Å². The van der Waals surface area contributed by atoms with Crippen LogP contribution in [0.1, 0.15) is 36.1 Å². The molecule has 0 unspecified atom stereocenters. The first-order valence-corrected chi connectivity index (χ1v) is 8.72. The molecule has 0 bridgehead atoms. The van der Waals surface area contributed by atoms with E-state index in [4.69, 9.17) is 14.2 Å². The molecule has 0 aliphatic carbocycles. The van der Waals surface area contributed by atoms with Crippen molar-refractivity contribution in [1.29, 1.82) is 0 Å². The molecule has 3 rings (SSSR count). The van der Waals surface area contributed by atoms with Crippen LogP contribution in [0.25, 0.3) is 0 Å². The summed E-state index contributed by atoms with van der Waals surface area (Å²) in [5.41, 5.74) is 3.87. The molecule has 6 heteroatoms. The maximum atomic E-state index is 12.2. The number of amides is 1. The van der Waals surface area contributed by atoms with Crippen molar-refractivity contribution in [2.24, 2.45) is 5.10 Å². The molecule has 0 fully saturated rings. The Morgan fingerprint density at radius 2 is 1.63 bits per heavy atom. The summed E-state index contributed by atoms with van der Waals surface area (Å²) in [5, 5.41) is 6.14. The van der Waals surface area contributed by atoms with Gasteiger partial charge in [0, 0.05) is 18.9 Å². The van der Waals surface area contributed by atoms with Crippen LogP contribution in [0.2, 0.25) is 0 Å². The summed E-state index contributed by atoms with van der Waals surface area (Å²) in [5.74, 6) is 1.55. The Labute approximate surface area is 159 Å². The van der Waals surface area contributed by atoms with Gasteiger partial charge >= 0.3 is 0 Å². The number of methoxy groups -OCH3 is 3. The molecular formula is C21H24N2O4. The Morgan fingerprint density at radius 3 is 2.11 bits per heavy atom. The molecule has 1 aliphatic heterocycles. The number of rotatable bonds is 5. The Bertz CT molecular complexity index is 849. The number of aryl methyl sites for hydroxylation is 1. The summed E-state index contributed by atoms with van der Waals surface area (Å²) >= 11 is 0. The highest BCUT2D eigenvalue weighted by Gasteiger charge is 2.32. The van der Waals surface area contributed by atoms with Gasteiger partial charge in [-0.3, -0.25) is 4.79 Å². The number of nitrogens with zero attached hydrogens (tertiary/aromatic N) is 2. The molecule has 0 spiro atoms. The summed E-state index contributed by atoms with van der Waals surface area (Å²) in [6.45, 7) is 3.57. The van der Waals surface area contributed by atoms with E-state index in [0.717, 1.165) is 16.8 Å². The van der Waals surface area contributed by atoms with E-state index >= 15 is 0 Å². The minimum absolute atomic E-state index is 0.0944. The fourth-order valence-corrected chi connectivity index (χ4v) is 3.27. The van der Waals surface area contributed by atoms with Crippen LogP contribution in [0.15, 0.2) is 41.5 Å². The van der Waals surface area contributed by atoms with Crippen molar-refractivity contribution >= 4 is 11.6 Å². The lowest BCUT2D eigenvalue weighted by atomic mass is 9.97. The summed E-state index contributed by atoms with van der Waals surface area (Å²) < 4.78 is 16.3. The Hall–Kier alpha value is -3.02. The largest absolute Gasteiger partial charge is 0.493 e. The number of hydrogen-bond acceptors (Lipinski definition) is 5. The molecule has 6 nitrogen and oxygen atoms in total. The van der Waals surface area contributed by atoms with Gasteiger partial charge in [-0.25, -0.2) is 5.01 Å². The molecule has 1 heterocycles. The number of hydrazone groups is 1. The zero-order chi connectivity index (χ0) is 19.6. The van der Waals surface area contributed by atoms with Crippen molar-refractivity contribution in [3.05, 3.63) is 53.1 Å². The minimum atomic E-state index is -0.128. The van der Waals surface area contributed by atoms with E-state index in [0.29, 0.717) is 23.7 Å². The highest BCUT2D eigenvalue weighted by Crippen LogP contribution is 2.40. The van der Waals surface area contributed by atoms with Gasteiger partial charge in [-0.1, -0.05) is 29.8 Å². The van der Waals surface area contributed by atoms with Crippen LogP contribution in [0.3, 0.4) is 0 Å². The van der Waals surface area contributed by atoms with Gasteiger partial charge in [-0.2, -0.15) is 5.10 Å². The van der Waals surface area contributed by atoms with Gasteiger partial charge in [0.1, 0.15) is 0 Å². The average Bonchev–Trinajstić information content (AvgIpc) is 3.13. The quantitative estimate of drug-likeness (QED) is 0.807. The molecule has 2 aromatic carbocycles. The first-order valence-electron chi connectivity index (χ1n) is 8.72. The molecule has 0 radical (unpaired) electrons. The predicted octanol–water partition coefficient (Wildman–Crippen LogP) is 3.72. The SMILES string of the molecule is COc1cc(C2=NN(C(C)=O)[C@@H](c3ccc(C)cc3)C2)cc(OC)c1OC. The predicted molar refractivity (Wildman–Crippen MR) is 104 cm³/mol. The molecule has 142 valence electrons. The van der Waals surface area contributed by atoms with Gasteiger partial charge in [-0.15, -0.1) is 0 Å². The first-order chi connectivity index (χ1) is 13.0. The van der Waals surface area contributed by atoms with E-state index < -0.39 is 0 Å². The van der Waals surface area contributed by atoms with E-state index in [1.165, 1.54) is 12.5 Å². The Balaban J connectivity index is 2.01. The van der Waals surface area contributed by atoms with Crippen molar-refractivity contribution in [2.75, 3.05) is 21.3 Å². The molecule has 1 atom stereocenters. The normalized spacial score (nSPS) is 16.1. The van der Waals surface area contributed by atoms with Gasteiger partial charge in [0.15, 0.2) is 11.5 Å². The Morgan fingerprint density at radius 1 is 1.04 bits per heavy atom. The van der Waals surface area contributed by atoms with Gasteiger partial charge in [-0.05, 0) is 24.6 Å². The third kappa shape index (κ3) is 3.60. The second-order valence-corrected chi connectivity index (χ2v) is 6.45. The maximum absolute atomic E-state index is 12.2. The number of ether oxygens (including phenoxy) is 3. The zero-order valence-corrected chi connectivity index (χ0v) is 16.3. The summed E-state index contributed by atoms with van der Waals surface area (Å²) in [7, 11) is 4.72. The van der Waals surface area contributed by atoms with Crippen LogP contribution < -0.4 is 14.2 Å². The Kier molecular flexibility index (Phi) is 5.35. The first kappa shape index (κ1) is 18.8. The molecule has 0 aromatic heterocycles. The topological polar surface area (TPSA) is 60.4 Å². The van der Waals surface area contributed by atoms with Crippen molar-refractivity contribution in [3.63, 3.8) is 0 Å². The fourth-order valence-electron chi connectivity index (χ4n) is 3.27. The third-order valence-electron chi connectivity index (χ3n) is 4.69. The maximum Gasteiger partial charge on any atom is 0.240 e. The van der Waals surface area contributed by atoms with Crippen LogP contribution in [0.5, 0.6) is 17.2 Å². The monoisotopic (exact) mass is 368 g/mol. The average molecular weight is 368 g/mol. The van der Waals surface area contributed by atoms with E-state index in [9.17, 15) is 4.79 Å².